The van der Waals surface area contributed by atoms with Crippen molar-refractivity contribution in [2.24, 2.45) is 5.92 Å². The number of carboxylic acid groups (broad SMARTS) is 1. The molecule has 0 radical (unpaired) electrons. The van der Waals surface area contributed by atoms with Crippen molar-refractivity contribution >= 4 is 23.2 Å². The van der Waals surface area contributed by atoms with Gasteiger partial charge in [0, 0.05) is 22.7 Å². The van der Waals surface area contributed by atoms with Gasteiger partial charge in [0.05, 0.1) is 12.0 Å². The highest BCUT2D eigenvalue weighted by molar-refractivity contribution is 7.12. The van der Waals surface area contributed by atoms with Crippen LogP contribution in [0.25, 0.3) is 0 Å². The molecular formula is C15H21NO3S. The Bertz CT molecular complexity index is 523. The maximum absolute atomic E-state index is 12.2. The summed E-state index contributed by atoms with van der Waals surface area (Å²) in [5.74, 6) is -1.21. The maximum Gasteiger partial charge on any atom is 0.308 e. The van der Waals surface area contributed by atoms with Gasteiger partial charge in [-0.1, -0.05) is 6.92 Å². The summed E-state index contributed by atoms with van der Waals surface area (Å²) in [7, 11) is 0. The van der Waals surface area contributed by atoms with Crippen molar-refractivity contribution in [3.8, 4) is 0 Å². The van der Waals surface area contributed by atoms with E-state index >= 15 is 0 Å². The molecule has 1 aromatic heterocycles. The van der Waals surface area contributed by atoms with E-state index in [0.717, 1.165) is 21.7 Å². The fourth-order valence-electron chi connectivity index (χ4n) is 3.04. The smallest absolute Gasteiger partial charge is 0.308 e. The molecule has 1 aliphatic heterocycles. The van der Waals surface area contributed by atoms with Crippen LogP contribution in [0.3, 0.4) is 0 Å². The highest BCUT2D eigenvalue weighted by Gasteiger charge is 2.41. The van der Waals surface area contributed by atoms with E-state index in [1.54, 1.807) is 16.2 Å². The van der Waals surface area contributed by atoms with E-state index in [4.69, 9.17) is 0 Å². The van der Waals surface area contributed by atoms with Crippen LogP contribution in [0.2, 0.25) is 0 Å². The maximum atomic E-state index is 12.2. The molecule has 5 heteroatoms. The van der Waals surface area contributed by atoms with Crippen LogP contribution in [0.4, 0.5) is 0 Å². The van der Waals surface area contributed by atoms with E-state index in [-0.39, 0.29) is 11.9 Å². The molecule has 0 aliphatic carbocycles. The number of likely N-dealkylation sites (tertiary alicyclic amines) is 1. The number of piperidine rings is 1. The number of hydrogen-bond donors (Lipinski definition) is 1. The Hall–Kier alpha value is -1.36. The van der Waals surface area contributed by atoms with E-state index in [2.05, 4.69) is 0 Å². The molecule has 2 rings (SSSR count). The number of nitrogens with zero attached hydrogens (tertiary/aromatic N) is 1. The van der Waals surface area contributed by atoms with E-state index in [9.17, 15) is 14.7 Å². The van der Waals surface area contributed by atoms with Crippen LogP contribution in [0.15, 0.2) is 6.07 Å². The van der Waals surface area contributed by atoms with Gasteiger partial charge >= 0.3 is 5.97 Å². The van der Waals surface area contributed by atoms with Crippen LogP contribution in [-0.2, 0) is 9.59 Å². The third-order valence-electron chi connectivity index (χ3n) is 3.89. The first-order chi connectivity index (χ1) is 9.45. The molecule has 0 spiro atoms. The molecule has 0 saturated carbocycles. The topological polar surface area (TPSA) is 57.6 Å². The molecule has 1 amide bonds. The predicted molar refractivity (Wildman–Crippen MR) is 78.9 cm³/mol. The fraction of sp³-hybridized carbons (Fsp3) is 0.600. The molecule has 0 bridgehead atoms. The number of carbonyl (C=O) groups is 2. The number of carbonyl (C=O) groups excluding carboxylic acids is 1. The summed E-state index contributed by atoms with van der Waals surface area (Å²) in [6.45, 7) is 6.67. The number of aryl methyl sites for hydroxylation is 2. The minimum atomic E-state index is -0.799. The number of hydrogen-bond acceptors (Lipinski definition) is 3. The second-order valence-corrected chi connectivity index (χ2v) is 6.84. The van der Waals surface area contributed by atoms with Crippen LogP contribution in [0.5, 0.6) is 0 Å². The molecule has 2 unspecified atom stereocenters. The number of rotatable bonds is 4. The third-order valence-corrected chi connectivity index (χ3v) is 4.87. The highest BCUT2D eigenvalue weighted by atomic mass is 32.1. The Morgan fingerprint density at radius 3 is 2.70 bits per heavy atom. The van der Waals surface area contributed by atoms with Crippen LogP contribution < -0.4 is 0 Å². The van der Waals surface area contributed by atoms with Crippen molar-refractivity contribution in [1.29, 1.82) is 0 Å². The first kappa shape index (κ1) is 15.0. The normalized spacial score (nSPS) is 23.1. The first-order valence-corrected chi connectivity index (χ1v) is 7.86. The van der Waals surface area contributed by atoms with Gasteiger partial charge in [-0.25, -0.2) is 0 Å². The molecule has 1 saturated heterocycles. The minimum Gasteiger partial charge on any atom is -0.481 e. The SMILES string of the molecule is CCCN1C(=O)CCC(C(=O)O)C1c1cc(C)sc1C. The molecule has 110 valence electrons. The van der Waals surface area contributed by atoms with Crippen molar-refractivity contribution in [3.63, 3.8) is 0 Å². The molecule has 1 aromatic rings. The molecule has 4 nitrogen and oxygen atoms in total. The van der Waals surface area contributed by atoms with E-state index in [0.29, 0.717) is 19.4 Å². The number of carboxylic acids is 1. The zero-order valence-electron chi connectivity index (χ0n) is 12.2. The second kappa shape index (κ2) is 5.95. The van der Waals surface area contributed by atoms with Gasteiger partial charge in [0.2, 0.25) is 5.91 Å². The summed E-state index contributed by atoms with van der Waals surface area (Å²) in [5.41, 5.74) is 1.02. The first-order valence-electron chi connectivity index (χ1n) is 7.05. The summed E-state index contributed by atoms with van der Waals surface area (Å²) in [6, 6.07) is 1.74. The highest BCUT2D eigenvalue weighted by Crippen LogP contribution is 2.40. The van der Waals surface area contributed by atoms with E-state index < -0.39 is 11.9 Å². The summed E-state index contributed by atoms with van der Waals surface area (Å²) in [5, 5.41) is 9.51. The molecule has 1 aliphatic rings. The van der Waals surface area contributed by atoms with Gasteiger partial charge < -0.3 is 10.0 Å². The van der Waals surface area contributed by atoms with Crippen molar-refractivity contribution in [3.05, 3.63) is 21.4 Å². The average molecular weight is 295 g/mol. The quantitative estimate of drug-likeness (QED) is 0.928. The van der Waals surface area contributed by atoms with Gasteiger partial charge in [-0.05, 0) is 38.3 Å². The second-order valence-electron chi connectivity index (χ2n) is 5.38. The van der Waals surface area contributed by atoms with Crippen LogP contribution >= 0.6 is 11.3 Å². The monoisotopic (exact) mass is 295 g/mol. The standard InChI is InChI=1S/C15H21NO3S/c1-4-7-16-13(17)6-5-11(15(18)19)14(16)12-8-9(2)20-10(12)3/h8,11,14H,4-7H2,1-3H3,(H,18,19). The number of amides is 1. The van der Waals surface area contributed by atoms with Crippen molar-refractivity contribution in [2.75, 3.05) is 6.54 Å². The van der Waals surface area contributed by atoms with Gasteiger partial charge in [-0.2, -0.15) is 0 Å². The Morgan fingerprint density at radius 2 is 2.20 bits per heavy atom. The van der Waals surface area contributed by atoms with E-state index in [1.807, 2.05) is 26.8 Å². The zero-order valence-corrected chi connectivity index (χ0v) is 13.0. The molecule has 2 heterocycles. The summed E-state index contributed by atoms with van der Waals surface area (Å²) in [6.07, 6.45) is 1.62. The minimum absolute atomic E-state index is 0.0811. The van der Waals surface area contributed by atoms with Gasteiger partial charge in [0.15, 0.2) is 0 Å². The lowest BCUT2D eigenvalue weighted by Gasteiger charge is -2.39. The van der Waals surface area contributed by atoms with Crippen LogP contribution in [0.1, 0.15) is 47.5 Å². The lowest BCUT2D eigenvalue weighted by molar-refractivity contribution is -0.152. The zero-order chi connectivity index (χ0) is 14.9. The Balaban J connectivity index is 2.45. The molecule has 20 heavy (non-hydrogen) atoms. The van der Waals surface area contributed by atoms with E-state index in [1.165, 1.54) is 0 Å². The Labute approximate surface area is 123 Å². The number of aliphatic carboxylic acids is 1. The molecular weight excluding hydrogens is 274 g/mol. The number of thiophene rings is 1. The van der Waals surface area contributed by atoms with Crippen molar-refractivity contribution in [2.45, 2.75) is 46.1 Å². The summed E-state index contributed by atoms with van der Waals surface area (Å²) >= 11 is 1.67. The Kier molecular flexibility index (Phi) is 4.48. The fourth-order valence-corrected chi connectivity index (χ4v) is 4.01. The lowest BCUT2D eigenvalue weighted by Crippen LogP contribution is -2.45. The van der Waals surface area contributed by atoms with Crippen LogP contribution in [0, 0.1) is 19.8 Å². The van der Waals surface area contributed by atoms with Crippen molar-refractivity contribution < 1.29 is 14.7 Å². The molecule has 1 fully saturated rings. The molecule has 2 atom stereocenters. The summed E-state index contributed by atoms with van der Waals surface area (Å²) in [4.78, 5) is 27.8. The van der Waals surface area contributed by atoms with Gasteiger partial charge in [0.1, 0.15) is 0 Å². The summed E-state index contributed by atoms with van der Waals surface area (Å²) < 4.78 is 0. The molecule has 1 N–H and O–H groups in total. The third kappa shape index (κ3) is 2.73. The van der Waals surface area contributed by atoms with Crippen LogP contribution in [-0.4, -0.2) is 28.4 Å². The van der Waals surface area contributed by atoms with Crippen molar-refractivity contribution in [1.82, 2.24) is 4.90 Å². The average Bonchev–Trinajstić information content (AvgIpc) is 2.70. The predicted octanol–water partition coefficient (Wildman–Crippen LogP) is 3.14. The molecule has 0 aromatic carbocycles. The van der Waals surface area contributed by atoms with Gasteiger partial charge in [0.25, 0.3) is 0 Å². The van der Waals surface area contributed by atoms with Gasteiger partial charge in [-0.3, -0.25) is 9.59 Å². The Morgan fingerprint density at radius 1 is 1.50 bits per heavy atom. The largest absolute Gasteiger partial charge is 0.481 e. The lowest BCUT2D eigenvalue weighted by atomic mass is 9.84. The van der Waals surface area contributed by atoms with Gasteiger partial charge in [-0.15, -0.1) is 11.3 Å².